The van der Waals surface area contributed by atoms with Gasteiger partial charge in [0.2, 0.25) is 0 Å². The van der Waals surface area contributed by atoms with Gasteiger partial charge in [0.15, 0.2) is 0 Å². The molecule has 0 heterocycles. The van der Waals surface area contributed by atoms with E-state index in [4.69, 9.17) is 17.3 Å². The van der Waals surface area contributed by atoms with Crippen molar-refractivity contribution >= 4 is 34.2 Å². The van der Waals surface area contributed by atoms with Crippen molar-refractivity contribution in [1.82, 2.24) is 0 Å². The normalized spacial score (nSPS) is 18.7. The Morgan fingerprint density at radius 2 is 2.15 bits per heavy atom. The van der Waals surface area contributed by atoms with Gasteiger partial charge in [-0.15, -0.1) is 0 Å². The third-order valence-corrected chi connectivity index (χ3v) is 3.62. The molecule has 70 valence electrons. The first kappa shape index (κ1) is 9.74. The van der Waals surface area contributed by atoms with Crippen LogP contribution in [0, 0.1) is 9.49 Å². The quantitative estimate of drug-likeness (QED) is 0.833. The lowest BCUT2D eigenvalue weighted by molar-refractivity contribution is 0.630. The van der Waals surface area contributed by atoms with E-state index in [9.17, 15) is 0 Å². The Hall–Kier alpha value is 0.200. The summed E-state index contributed by atoms with van der Waals surface area (Å²) in [6.45, 7) is 0. The maximum absolute atomic E-state index is 6.10. The summed E-state index contributed by atoms with van der Waals surface area (Å²) in [6.07, 6.45) is 2.56. The molecule has 1 fully saturated rings. The first-order chi connectivity index (χ1) is 6.18. The van der Waals surface area contributed by atoms with Crippen molar-refractivity contribution in [3.05, 3.63) is 32.4 Å². The van der Waals surface area contributed by atoms with E-state index < -0.39 is 0 Å². The van der Waals surface area contributed by atoms with Crippen molar-refractivity contribution in [1.29, 1.82) is 0 Å². The number of rotatable bonds is 2. The van der Waals surface area contributed by atoms with Crippen molar-refractivity contribution in [2.24, 2.45) is 11.7 Å². The fraction of sp³-hybridized carbons (Fsp3) is 0.400. The molecular weight excluding hydrogens is 296 g/mol. The van der Waals surface area contributed by atoms with Gasteiger partial charge in [-0.1, -0.05) is 17.7 Å². The van der Waals surface area contributed by atoms with Crippen LogP contribution in [0.5, 0.6) is 0 Å². The first-order valence-corrected chi connectivity index (χ1v) is 5.84. The fourth-order valence-electron chi connectivity index (χ4n) is 1.48. The maximum atomic E-state index is 6.10. The van der Waals surface area contributed by atoms with Crippen LogP contribution in [0.2, 0.25) is 5.02 Å². The van der Waals surface area contributed by atoms with Crippen molar-refractivity contribution in [3.63, 3.8) is 0 Å². The van der Waals surface area contributed by atoms with Crippen LogP contribution in [0.25, 0.3) is 0 Å². The summed E-state index contributed by atoms with van der Waals surface area (Å²) < 4.78 is 1.18. The summed E-state index contributed by atoms with van der Waals surface area (Å²) in [4.78, 5) is 0. The second-order valence-electron chi connectivity index (χ2n) is 3.53. The average Bonchev–Trinajstić information content (AvgIpc) is 2.85. The average molecular weight is 308 g/mol. The predicted molar refractivity (Wildman–Crippen MR) is 63.8 cm³/mol. The van der Waals surface area contributed by atoms with Crippen LogP contribution in [0.15, 0.2) is 18.2 Å². The molecule has 1 atom stereocenters. The smallest absolute Gasteiger partial charge is 0.0416 e. The Balaban J connectivity index is 2.28. The van der Waals surface area contributed by atoms with E-state index >= 15 is 0 Å². The van der Waals surface area contributed by atoms with Gasteiger partial charge < -0.3 is 5.73 Å². The summed E-state index contributed by atoms with van der Waals surface area (Å²) in [6, 6.07) is 6.15. The molecule has 0 bridgehead atoms. The number of halogens is 2. The topological polar surface area (TPSA) is 26.0 Å². The van der Waals surface area contributed by atoms with Crippen LogP contribution in [0.4, 0.5) is 0 Å². The van der Waals surface area contributed by atoms with E-state index in [0.29, 0.717) is 5.92 Å². The summed E-state index contributed by atoms with van der Waals surface area (Å²) >= 11 is 8.17. The molecule has 1 aromatic rings. The molecule has 1 aromatic carbocycles. The van der Waals surface area contributed by atoms with Gasteiger partial charge in [0.25, 0.3) is 0 Å². The predicted octanol–water partition coefficient (Wildman–Crippen LogP) is 3.35. The van der Waals surface area contributed by atoms with Gasteiger partial charge in [-0.25, -0.2) is 0 Å². The van der Waals surface area contributed by atoms with Gasteiger partial charge >= 0.3 is 0 Å². The van der Waals surface area contributed by atoms with Gasteiger partial charge in [-0.05, 0) is 59.0 Å². The van der Waals surface area contributed by atoms with Crippen LogP contribution >= 0.6 is 34.2 Å². The summed E-state index contributed by atoms with van der Waals surface area (Å²) in [5.74, 6) is 0.703. The van der Waals surface area contributed by atoms with E-state index in [1.54, 1.807) is 0 Å². The molecule has 1 aliphatic rings. The molecule has 0 aliphatic heterocycles. The molecule has 0 unspecified atom stereocenters. The molecule has 3 heteroatoms. The fourth-order valence-corrected chi connectivity index (χ4v) is 2.71. The molecule has 1 nitrogen and oxygen atoms in total. The lowest BCUT2D eigenvalue weighted by Gasteiger charge is -2.12. The molecule has 2 N–H and O–H groups in total. The highest BCUT2D eigenvalue weighted by Crippen LogP contribution is 2.40. The summed E-state index contributed by atoms with van der Waals surface area (Å²) in [5, 5.41) is 0.788. The van der Waals surface area contributed by atoms with E-state index in [-0.39, 0.29) is 6.04 Å². The molecule has 0 aromatic heterocycles. The van der Waals surface area contributed by atoms with E-state index in [2.05, 4.69) is 22.6 Å². The highest BCUT2D eigenvalue weighted by atomic mass is 127. The molecule has 1 saturated carbocycles. The Labute approximate surface area is 96.8 Å². The highest BCUT2D eigenvalue weighted by Gasteiger charge is 2.30. The van der Waals surface area contributed by atoms with Crippen molar-refractivity contribution in [2.45, 2.75) is 18.9 Å². The van der Waals surface area contributed by atoms with Crippen molar-refractivity contribution < 1.29 is 0 Å². The molecule has 0 saturated heterocycles. The van der Waals surface area contributed by atoms with Crippen LogP contribution in [0.3, 0.4) is 0 Å². The van der Waals surface area contributed by atoms with E-state index in [1.165, 1.54) is 22.0 Å². The highest BCUT2D eigenvalue weighted by molar-refractivity contribution is 14.1. The van der Waals surface area contributed by atoms with Crippen LogP contribution in [-0.2, 0) is 0 Å². The Bertz CT molecular complexity index is 323. The monoisotopic (exact) mass is 307 g/mol. The lowest BCUT2D eigenvalue weighted by atomic mass is 10.0. The van der Waals surface area contributed by atoms with Crippen LogP contribution in [-0.4, -0.2) is 0 Å². The number of hydrogen-bond donors (Lipinski definition) is 1. The van der Waals surface area contributed by atoms with E-state index in [1.807, 2.05) is 18.2 Å². The minimum absolute atomic E-state index is 0.212. The minimum Gasteiger partial charge on any atom is -0.324 e. The van der Waals surface area contributed by atoms with Gasteiger partial charge in [0.1, 0.15) is 0 Å². The maximum Gasteiger partial charge on any atom is 0.0416 e. The van der Waals surface area contributed by atoms with Gasteiger partial charge in [0.05, 0.1) is 0 Å². The second kappa shape index (κ2) is 3.75. The van der Waals surface area contributed by atoms with Crippen molar-refractivity contribution in [3.8, 4) is 0 Å². The molecule has 0 radical (unpaired) electrons. The molecular formula is C10H11ClIN. The van der Waals surface area contributed by atoms with Gasteiger partial charge in [0, 0.05) is 14.6 Å². The number of hydrogen-bond acceptors (Lipinski definition) is 1. The van der Waals surface area contributed by atoms with Crippen LogP contribution in [0.1, 0.15) is 24.4 Å². The molecule has 0 spiro atoms. The van der Waals surface area contributed by atoms with Crippen LogP contribution < -0.4 is 5.73 Å². The third-order valence-electron chi connectivity index (χ3n) is 2.45. The largest absolute Gasteiger partial charge is 0.324 e. The van der Waals surface area contributed by atoms with E-state index in [0.717, 1.165) is 5.02 Å². The number of nitrogens with two attached hydrogens (primary N) is 1. The van der Waals surface area contributed by atoms with Gasteiger partial charge in [-0.2, -0.15) is 0 Å². The zero-order valence-electron chi connectivity index (χ0n) is 7.13. The standard InChI is InChI=1S/C10H11ClIN/c11-7-3-4-8(9(12)5-7)10(13)6-1-2-6/h3-6,10H,1-2,13H2/t10-/m0/s1. The zero-order valence-corrected chi connectivity index (χ0v) is 10.0. The molecule has 2 rings (SSSR count). The molecule has 13 heavy (non-hydrogen) atoms. The second-order valence-corrected chi connectivity index (χ2v) is 5.13. The van der Waals surface area contributed by atoms with Gasteiger partial charge in [-0.3, -0.25) is 0 Å². The Morgan fingerprint density at radius 1 is 1.46 bits per heavy atom. The molecule has 0 amide bonds. The van der Waals surface area contributed by atoms with Crippen molar-refractivity contribution in [2.75, 3.05) is 0 Å². The molecule has 1 aliphatic carbocycles. The number of benzene rings is 1. The first-order valence-electron chi connectivity index (χ1n) is 4.39. The summed E-state index contributed by atoms with van der Waals surface area (Å²) in [5.41, 5.74) is 7.35. The summed E-state index contributed by atoms with van der Waals surface area (Å²) in [7, 11) is 0. The zero-order chi connectivity index (χ0) is 9.42. The SMILES string of the molecule is N[C@H](c1ccc(Cl)cc1I)C1CC1. The minimum atomic E-state index is 0.212. The third kappa shape index (κ3) is 2.17. The Morgan fingerprint density at radius 3 is 2.69 bits per heavy atom. The Kier molecular flexibility index (Phi) is 2.81. The lowest BCUT2D eigenvalue weighted by Crippen LogP contribution is -2.13.